The Morgan fingerprint density at radius 1 is 1.34 bits per heavy atom. The van der Waals surface area contributed by atoms with Crippen molar-refractivity contribution in [3.8, 4) is 5.75 Å². The number of fused-ring (bicyclic) bond motifs is 2. The Hall–Kier alpha value is -3.36. The van der Waals surface area contributed by atoms with Crippen LogP contribution in [0.5, 0.6) is 5.75 Å². The van der Waals surface area contributed by atoms with Gasteiger partial charge in [0.15, 0.2) is 11.7 Å². The Labute approximate surface area is 239 Å². The van der Waals surface area contributed by atoms with E-state index in [0.29, 0.717) is 11.3 Å². The molecule has 0 aliphatic carbocycles. The van der Waals surface area contributed by atoms with E-state index in [1.165, 1.54) is 31.0 Å². The van der Waals surface area contributed by atoms with E-state index in [-0.39, 0.29) is 17.9 Å². The van der Waals surface area contributed by atoms with Gasteiger partial charge in [0.2, 0.25) is 0 Å². The van der Waals surface area contributed by atoms with E-state index >= 15 is 0 Å². The maximum atomic E-state index is 12.3. The zero-order valence-corrected chi connectivity index (χ0v) is 24.1. The highest BCUT2D eigenvalue weighted by Gasteiger charge is 2.54. The van der Waals surface area contributed by atoms with Gasteiger partial charge in [0.1, 0.15) is 35.4 Å². The second kappa shape index (κ2) is 11.1. The fourth-order valence-electron chi connectivity index (χ4n) is 4.76. The maximum Gasteiger partial charge on any atom is 0.323 e. The van der Waals surface area contributed by atoms with Crippen molar-refractivity contribution in [2.24, 2.45) is 0 Å². The van der Waals surface area contributed by atoms with E-state index in [0.717, 1.165) is 10.8 Å². The zero-order chi connectivity index (χ0) is 29.5. The van der Waals surface area contributed by atoms with Crippen molar-refractivity contribution in [2.45, 2.75) is 43.9 Å². The largest absolute Gasteiger partial charge is 0.468 e. The number of methoxy groups -OCH3 is 1. The van der Waals surface area contributed by atoms with Crippen molar-refractivity contribution in [3.63, 3.8) is 0 Å². The molecule has 4 unspecified atom stereocenters. The molecule has 0 bridgehead atoms. The lowest BCUT2D eigenvalue weighted by molar-refractivity contribution is -0.142. The topological polar surface area (TPSA) is 183 Å². The van der Waals surface area contributed by atoms with Crippen LogP contribution in [-0.4, -0.2) is 68.3 Å². The number of aromatic nitrogens is 3. The van der Waals surface area contributed by atoms with Gasteiger partial charge in [-0.1, -0.05) is 36.4 Å². The summed E-state index contributed by atoms with van der Waals surface area (Å²) in [5.41, 5.74) is 3.87. The predicted octanol–water partition coefficient (Wildman–Crippen LogP) is 1.94. The third-order valence-electron chi connectivity index (χ3n) is 6.89. The van der Waals surface area contributed by atoms with Crippen LogP contribution in [0.3, 0.4) is 0 Å². The highest BCUT2D eigenvalue weighted by molar-refractivity contribution is 8.09. The number of nitrogen functional groups attached to an aromatic ring is 1. The number of hydrogen-bond acceptors (Lipinski definition) is 11. The van der Waals surface area contributed by atoms with Gasteiger partial charge in [-0.2, -0.15) is 0 Å². The molecular weight excluding hydrogens is 573 g/mol. The number of carbonyl (C=O) groups is 1. The van der Waals surface area contributed by atoms with Gasteiger partial charge in [-0.05, 0) is 37.1 Å². The van der Waals surface area contributed by atoms with Crippen molar-refractivity contribution in [2.75, 3.05) is 19.5 Å². The number of nitrogens with two attached hydrogens (primary N) is 1. The molecule has 2 aromatic carbocycles. The number of carbonyl (C=O) groups excluding carboxylic acids is 1. The van der Waals surface area contributed by atoms with Gasteiger partial charge in [-0.25, -0.2) is 10.1 Å². The highest BCUT2D eigenvalue weighted by Crippen LogP contribution is 2.49. The number of anilines is 1. The number of H-pyrrole nitrogens is 1. The summed E-state index contributed by atoms with van der Waals surface area (Å²) >= 11 is 5.80. The van der Waals surface area contributed by atoms with Crippen LogP contribution >= 0.6 is 6.64 Å². The number of aromatic amines is 1. The summed E-state index contributed by atoms with van der Waals surface area (Å²) in [7, 11) is 1.25. The third-order valence-corrected chi connectivity index (χ3v) is 9.37. The Balaban J connectivity index is 1.42. The maximum absolute atomic E-state index is 12.3. The van der Waals surface area contributed by atoms with Crippen molar-refractivity contribution in [1.29, 1.82) is 0 Å². The summed E-state index contributed by atoms with van der Waals surface area (Å²) in [5, 5.41) is 27.0. The third kappa shape index (κ3) is 5.60. The van der Waals surface area contributed by atoms with Gasteiger partial charge in [-0.3, -0.25) is 9.59 Å². The van der Waals surface area contributed by atoms with Crippen molar-refractivity contribution in [3.05, 3.63) is 65.2 Å². The molecule has 0 radical (unpaired) electrons. The smallest absolute Gasteiger partial charge is 0.323 e. The standard InChI is InChI=1S/C26H30N5O8PS/c1-14(24(34)36-3)30-40(41,39-18-10-6-8-15-7-4-5-9-16(15)18)37-12-19-22(32)26(2,35)25(38-19)31-13-28-21-17(31)11-20(27)29-23(21)33/h4-11,13-14,19,22,25,32,35H,12H2,1-3H3,(H,30,41)(H3,27,29,33)/t14?,19-,22?,25-,26?,40?/m1/s1. The fraction of sp³-hybridized carbons (Fsp3) is 0.346. The molecule has 3 heterocycles. The predicted molar refractivity (Wildman–Crippen MR) is 155 cm³/mol. The molecule has 1 fully saturated rings. The van der Waals surface area contributed by atoms with Crippen molar-refractivity contribution < 1.29 is 33.5 Å². The number of rotatable bonds is 9. The number of benzene rings is 2. The molecule has 2 aromatic heterocycles. The number of esters is 1. The van der Waals surface area contributed by atoms with Crippen LogP contribution in [0, 0.1) is 0 Å². The number of imidazole rings is 1. The number of aliphatic hydroxyl groups is 2. The number of nitrogens with zero attached hydrogens (tertiary/aromatic N) is 2. The Bertz CT molecular complexity index is 1700. The number of pyridine rings is 1. The van der Waals surface area contributed by atoms with Gasteiger partial charge in [-0.15, -0.1) is 0 Å². The Kier molecular flexibility index (Phi) is 7.92. The highest BCUT2D eigenvalue weighted by atomic mass is 32.5. The van der Waals surface area contributed by atoms with Crippen LogP contribution in [0.4, 0.5) is 5.82 Å². The van der Waals surface area contributed by atoms with Gasteiger partial charge in [0.25, 0.3) is 5.56 Å². The molecule has 5 rings (SSSR count). The number of hydrogen-bond donors (Lipinski definition) is 5. The lowest BCUT2D eigenvalue weighted by Crippen LogP contribution is -2.44. The molecule has 0 saturated carbocycles. The molecule has 1 saturated heterocycles. The van der Waals surface area contributed by atoms with E-state index in [1.807, 2.05) is 30.3 Å². The minimum atomic E-state index is -3.49. The van der Waals surface area contributed by atoms with Crippen molar-refractivity contribution >= 4 is 52.0 Å². The van der Waals surface area contributed by atoms with E-state index in [1.54, 1.807) is 19.1 Å². The molecule has 15 heteroatoms. The first kappa shape index (κ1) is 29.1. The van der Waals surface area contributed by atoms with E-state index in [9.17, 15) is 19.8 Å². The molecule has 0 amide bonds. The van der Waals surface area contributed by atoms with Crippen LogP contribution in [0.15, 0.2) is 59.7 Å². The lowest BCUT2D eigenvalue weighted by atomic mass is 9.96. The van der Waals surface area contributed by atoms with Crippen LogP contribution < -0.4 is 20.9 Å². The summed E-state index contributed by atoms with van der Waals surface area (Å²) in [6, 6.07) is 13.6. The minimum absolute atomic E-state index is 0.0905. The monoisotopic (exact) mass is 603 g/mol. The van der Waals surface area contributed by atoms with Gasteiger partial charge in [0, 0.05) is 11.5 Å². The summed E-state index contributed by atoms with van der Waals surface area (Å²) in [6.07, 6.45) is -2.36. The average molecular weight is 604 g/mol. The van der Waals surface area contributed by atoms with Gasteiger partial charge in [0.05, 0.1) is 25.6 Å². The van der Waals surface area contributed by atoms with Crippen LogP contribution in [0.1, 0.15) is 20.1 Å². The summed E-state index contributed by atoms with van der Waals surface area (Å²) in [4.78, 5) is 31.1. The van der Waals surface area contributed by atoms with Crippen LogP contribution in [0.25, 0.3) is 21.8 Å². The quantitative estimate of drug-likeness (QED) is 0.139. The summed E-state index contributed by atoms with van der Waals surface area (Å²) in [6.45, 7) is -0.855. The van der Waals surface area contributed by atoms with Crippen molar-refractivity contribution in [1.82, 2.24) is 19.6 Å². The molecule has 13 nitrogen and oxygen atoms in total. The molecule has 6 N–H and O–H groups in total. The number of aliphatic hydroxyl groups excluding tert-OH is 1. The first-order valence-electron chi connectivity index (χ1n) is 12.6. The van der Waals surface area contributed by atoms with Gasteiger partial charge < -0.3 is 44.0 Å². The van der Waals surface area contributed by atoms with Gasteiger partial charge >= 0.3 is 12.6 Å². The molecule has 1 aliphatic rings. The molecule has 4 aromatic rings. The van der Waals surface area contributed by atoms with Crippen LogP contribution in [-0.2, 0) is 30.6 Å². The van der Waals surface area contributed by atoms with E-state index < -0.39 is 48.2 Å². The second-order valence-electron chi connectivity index (χ2n) is 9.87. The Morgan fingerprint density at radius 2 is 2.07 bits per heavy atom. The second-order valence-corrected chi connectivity index (χ2v) is 13.0. The average Bonchev–Trinajstić information content (AvgIpc) is 3.45. The summed E-state index contributed by atoms with van der Waals surface area (Å²) in [5.74, 6) is -0.0495. The van der Waals surface area contributed by atoms with E-state index in [4.69, 9.17) is 36.1 Å². The first-order valence-corrected chi connectivity index (χ1v) is 15.3. The molecule has 6 atom stereocenters. The molecular formula is C26H30N5O8PS. The fourth-order valence-corrected chi connectivity index (χ4v) is 7.18. The molecule has 0 spiro atoms. The first-order chi connectivity index (χ1) is 19.4. The zero-order valence-electron chi connectivity index (χ0n) is 22.4. The minimum Gasteiger partial charge on any atom is -0.468 e. The SMILES string of the molecule is COC(=O)C(C)NP(=S)(OC[C@H]1O[C@@H](n2cnc3c(=O)[nH]c(N)cc32)C(C)(O)C1O)Oc1cccc2ccccc12. The number of ether oxygens (including phenoxy) is 2. The summed E-state index contributed by atoms with van der Waals surface area (Å²) < 4.78 is 24.6. The molecule has 218 valence electrons. The Morgan fingerprint density at radius 3 is 2.83 bits per heavy atom. The lowest BCUT2D eigenvalue weighted by Gasteiger charge is -2.28. The van der Waals surface area contributed by atoms with Crippen LogP contribution in [0.2, 0.25) is 0 Å². The van der Waals surface area contributed by atoms with E-state index in [2.05, 4.69) is 15.1 Å². The molecule has 41 heavy (non-hydrogen) atoms. The normalized spacial score (nSPS) is 24.8. The molecule has 1 aliphatic heterocycles. The number of nitrogens with one attached hydrogen (secondary N) is 2.